The third-order valence-electron chi connectivity index (χ3n) is 1.19. The van der Waals surface area contributed by atoms with Crippen molar-refractivity contribution < 1.29 is 17.4 Å². The highest BCUT2D eigenvalue weighted by Crippen LogP contribution is 2.08. The smallest absolute Gasteiger partial charge is 0.349 e. The Morgan fingerprint density at radius 2 is 2.17 bits per heavy atom. The number of aromatic nitrogens is 1. The van der Waals surface area contributed by atoms with Crippen molar-refractivity contribution in [2.45, 2.75) is 11.6 Å². The van der Waals surface area contributed by atoms with E-state index in [1.807, 2.05) is 0 Å². The van der Waals surface area contributed by atoms with E-state index in [-0.39, 0.29) is 5.69 Å². The molecule has 1 N–H and O–H groups in total. The molecule has 1 aromatic heterocycles. The largest absolute Gasteiger partial charge is 0.390 e. The lowest BCUT2D eigenvalue weighted by atomic mass is 10.4. The summed E-state index contributed by atoms with van der Waals surface area (Å²) in [5.41, 5.74) is 0.119. The van der Waals surface area contributed by atoms with Crippen LogP contribution >= 0.6 is 0 Å². The van der Waals surface area contributed by atoms with Crippen molar-refractivity contribution in [2.24, 2.45) is 0 Å². The Morgan fingerprint density at radius 1 is 1.50 bits per heavy atom. The van der Waals surface area contributed by atoms with E-state index in [1.54, 1.807) is 0 Å². The maximum absolute atomic E-state index is 12.3. The van der Waals surface area contributed by atoms with E-state index in [0.717, 1.165) is 6.07 Å². The highest BCUT2D eigenvalue weighted by atomic mass is 32.3. The van der Waals surface area contributed by atoms with Crippen molar-refractivity contribution in [1.82, 2.24) is 4.98 Å². The average Bonchev–Trinajstić information content (AvgIpc) is 2.03. The molecule has 0 saturated heterocycles. The van der Waals surface area contributed by atoms with Crippen molar-refractivity contribution >= 4 is 10.2 Å². The number of pyridine rings is 1. The summed E-state index contributed by atoms with van der Waals surface area (Å²) in [4.78, 5) is 3.35. The van der Waals surface area contributed by atoms with Gasteiger partial charge < -0.3 is 5.11 Å². The second-order valence-electron chi connectivity index (χ2n) is 2.06. The van der Waals surface area contributed by atoms with Gasteiger partial charge in [0.05, 0.1) is 12.3 Å². The summed E-state index contributed by atoms with van der Waals surface area (Å²) < 4.78 is 32.8. The predicted octanol–water partition coefficient (Wildman–Crippen LogP) is 0.232. The fraction of sp³-hybridized carbons (Fsp3) is 0.167. The number of hydrogen-bond donors (Lipinski definition) is 1. The zero-order valence-corrected chi connectivity index (χ0v) is 6.75. The topological polar surface area (TPSA) is 67.3 Å². The molecule has 0 unspecified atom stereocenters. The van der Waals surface area contributed by atoms with Gasteiger partial charge in [0.1, 0.15) is 0 Å². The van der Waals surface area contributed by atoms with Gasteiger partial charge in [-0.2, -0.15) is 8.42 Å². The maximum atomic E-state index is 12.3. The standard InChI is InChI=1S/C6H6FNO3S/c7-12(10,11)6-3-1-2-5(4-9)8-6/h1-3,9H,4H2. The fourth-order valence-corrected chi connectivity index (χ4v) is 1.15. The Morgan fingerprint density at radius 3 is 2.67 bits per heavy atom. The summed E-state index contributed by atoms with van der Waals surface area (Å²) >= 11 is 0. The number of hydrogen-bond acceptors (Lipinski definition) is 4. The first-order chi connectivity index (χ1) is 5.54. The molecule has 0 radical (unpaired) electrons. The Balaban J connectivity index is 3.20. The van der Waals surface area contributed by atoms with Crippen LogP contribution in [0.2, 0.25) is 0 Å². The van der Waals surface area contributed by atoms with Gasteiger partial charge in [-0.05, 0) is 12.1 Å². The number of rotatable bonds is 2. The molecule has 0 aliphatic rings. The van der Waals surface area contributed by atoms with Crippen LogP contribution in [0.5, 0.6) is 0 Å². The average molecular weight is 191 g/mol. The van der Waals surface area contributed by atoms with Crippen LogP contribution < -0.4 is 0 Å². The van der Waals surface area contributed by atoms with Gasteiger partial charge in [-0.15, -0.1) is 0 Å². The lowest BCUT2D eigenvalue weighted by Crippen LogP contribution is -1.98. The minimum Gasteiger partial charge on any atom is -0.390 e. The van der Waals surface area contributed by atoms with E-state index in [1.165, 1.54) is 12.1 Å². The first-order valence-corrected chi connectivity index (χ1v) is 4.44. The number of aliphatic hydroxyl groups excluding tert-OH is 1. The van der Waals surface area contributed by atoms with Gasteiger partial charge in [0.2, 0.25) is 0 Å². The van der Waals surface area contributed by atoms with E-state index in [9.17, 15) is 12.3 Å². The van der Waals surface area contributed by atoms with Crippen molar-refractivity contribution in [3.05, 3.63) is 23.9 Å². The molecule has 0 amide bonds. The van der Waals surface area contributed by atoms with Crippen LogP contribution in [-0.4, -0.2) is 18.5 Å². The first-order valence-electron chi connectivity index (χ1n) is 3.05. The van der Waals surface area contributed by atoms with Gasteiger partial charge >= 0.3 is 10.2 Å². The molecule has 0 saturated carbocycles. The lowest BCUT2D eigenvalue weighted by molar-refractivity contribution is 0.276. The molecule has 0 bridgehead atoms. The molecule has 6 heteroatoms. The highest BCUT2D eigenvalue weighted by Gasteiger charge is 2.13. The summed E-state index contributed by atoms with van der Waals surface area (Å²) in [5.74, 6) is 0. The van der Waals surface area contributed by atoms with Gasteiger partial charge in [0.25, 0.3) is 0 Å². The molecular weight excluding hydrogens is 185 g/mol. The van der Waals surface area contributed by atoms with E-state index in [2.05, 4.69) is 4.98 Å². The quantitative estimate of drug-likeness (QED) is 0.679. The normalized spacial score (nSPS) is 11.5. The predicted molar refractivity (Wildman–Crippen MR) is 38.5 cm³/mol. The van der Waals surface area contributed by atoms with Crippen LogP contribution in [0.4, 0.5) is 3.89 Å². The van der Waals surface area contributed by atoms with E-state index < -0.39 is 21.9 Å². The van der Waals surface area contributed by atoms with E-state index >= 15 is 0 Å². The van der Waals surface area contributed by atoms with Crippen LogP contribution in [0, 0.1) is 0 Å². The number of nitrogens with zero attached hydrogens (tertiary/aromatic N) is 1. The molecular formula is C6H6FNO3S. The van der Waals surface area contributed by atoms with Gasteiger partial charge in [-0.25, -0.2) is 4.98 Å². The minimum atomic E-state index is -4.76. The Kier molecular flexibility index (Phi) is 2.39. The molecule has 0 aromatic carbocycles. The fourth-order valence-electron chi connectivity index (χ4n) is 0.681. The van der Waals surface area contributed by atoms with Crippen molar-refractivity contribution in [3.63, 3.8) is 0 Å². The van der Waals surface area contributed by atoms with Gasteiger partial charge in [0.15, 0.2) is 5.03 Å². The van der Waals surface area contributed by atoms with Crippen LogP contribution in [0.3, 0.4) is 0 Å². The zero-order valence-electron chi connectivity index (χ0n) is 5.94. The van der Waals surface area contributed by atoms with Gasteiger partial charge in [-0.3, -0.25) is 0 Å². The molecule has 0 aliphatic carbocycles. The van der Waals surface area contributed by atoms with Crippen LogP contribution in [0.25, 0.3) is 0 Å². The van der Waals surface area contributed by atoms with Gasteiger partial charge in [-0.1, -0.05) is 9.95 Å². The van der Waals surface area contributed by atoms with Crippen LogP contribution in [-0.2, 0) is 16.8 Å². The SMILES string of the molecule is O=S(=O)(F)c1cccc(CO)n1. The summed E-state index contributed by atoms with van der Waals surface area (Å²) in [6.07, 6.45) is 0. The summed E-state index contributed by atoms with van der Waals surface area (Å²) in [5, 5.41) is 7.88. The molecule has 66 valence electrons. The molecule has 0 atom stereocenters. The van der Waals surface area contributed by atoms with Gasteiger partial charge in [0, 0.05) is 0 Å². The molecule has 0 fully saturated rings. The number of halogens is 1. The summed E-state index contributed by atoms with van der Waals surface area (Å²) in [7, 11) is -4.76. The molecule has 0 aliphatic heterocycles. The molecule has 4 nitrogen and oxygen atoms in total. The Bertz CT molecular complexity index is 376. The van der Waals surface area contributed by atoms with E-state index in [0.29, 0.717) is 0 Å². The molecule has 1 rings (SSSR count). The van der Waals surface area contributed by atoms with Crippen molar-refractivity contribution in [3.8, 4) is 0 Å². The molecule has 12 heavy (non-hydrogen) atoms. The van der Waals surface area contributed by atoms with Crippen molar-refractivity contribution in [1.29, 1.82) is 0 Å². The minimum absolute atomic E-state index is 0.119. The van der Waals surface area contributed by atoms with E-state index in [4.69, 9.17) is 5.11 Å². The molecule has 0 spiro atoms. The molecule has 1 aromatic rings. The Labute approximate surface area is 68.9 Å². The van der Waals surface area contributed by atoms with Crippen molar-refractivity contribution in [2.75, 3.05) is 0 Å². The third-order valence-corrected chi connectivity index (χ3v) is 1.92. The first kappa shape index (κ1) is 9.08. The number of aliphatic hydroxyl groups is 1. The zero-order chi connectivity index (χ0) is 9.19. The maximum Gasteiger partial charge on any atom is 0.349 e. The summed E-state index contributed by atoms with van der Waals surface area (Å²) in [6.45, 7) is -0.413. The highest BCUT2D eigenvalue weighted by molar-refractivity contribution is 7.86. The second-order valence-corrected chi connectivity index (χ2v) is 3.36. The second kappa shape index (κ2) is 3.16. The Hall–Kier alpha value is -1.01. The summed E-state index contributed by atoms with van der Waals surface area (Å²) in [6, 6.07) is 3.73. The van der Waals surface area contributed by atoms with Crippen LogP contribution in [0.15, 0.2) is 23.2 Å². The molecule has 1 heterocycles. The van der Waals surface area contributed by atoms with Crippen LogP contribution in [0.1, 0.15) is 5.69 Å². The monoisotopic (exact) mass is 191 g/mol. The third kappa shape index (κ3) is 1.99. The lowest BCUT2D eigenvalue weighted by Gasteiger charge is -1.96.